The first-order valence-electron chi connectivity index (χ1n) is 8.66. The van der Waals surface area contributed by atoms with Gasteiger partial charge in [0.15, 0.2) is 5.65 Å². The molecule has 1 aliphatic heterocycles. The Bertz CT molecular complexity index is 1050. The van der Waals surface area contributed by atoms with Gasteiger partial charge in [-0.2, -0.15) is 0 Å². The molecule has 4 rings (SSSR count). The molecular formula is C17H20N6O2S. The molecule has 26 heavy (non-hydrogen) atoms. The first kappa shape index (κ1) is 16.9. The molecule has 0 spiro atoms. The molecule has 0 saturated carbocycles. The van der Waals surface area contributed by atoms with Crippen LogP contribution in [0.2, 0.25) is 0 Å². The molecule has 8 nitrogen and oxygen atoms in total. The zero-order chi connectivity index (χ0) is 18.4. The van der Waals surface area contributed by atoms with Crippen molar-refractivity contribution in [1.29, 1.82) is 0 Å². The second-order valence-corrected chi connectivity index (χ2v) is 7.48. The fourth-order valence-electron chi connectivity index (χ4n) is 3.46. The molecule has 1 fully saturated rings. The highest BCUT2D eigenvalue weighted by molar-refractivity contribution is 7.07. The maximum absolute atomic E-state index is 13.0. The minimum Gasteiger partial charge on any atom is -0.329 e. The molecule has 3 aromatic heterocycles. The summed E-state index contributed by atoms with van der Waals surface area (Å²) in [4.78, 5) is 32.4. The normalized spacial score (nSPS) is 17.8. The minimum absolute atomic E-state index is 0.0477. The van der Waals surface area contributed by atoms with E-state index in [2.05, 4.69) is 19.7 Å². The van der Waals surface area contributed by atoms with E-state index in [0.29, 0.717) is 28.3 Å². The summed E-state index contributed by atoms with van der Waals surface area (Å²) in [5, 5.41) is 7.12. The smallest absolute Gasteiger partial charge is 0.275 e. The number of hydrogen-bond acceptors (Lipinski definition) is 6. The Kier molecular flexibility index (Phi) is 4.10. The van der Waals surface area contributed by atoms with Gasteiger partial charge in [0.2, 0.25) is 0 Å². The van der Waals surface area contributed by atoms with Crippen molar-refractivity contribution in [2.24, 2.45) is 0 Å². The topological polar surface area (TPSA) is 96.2 Å². The second kappa shape index (κ2) is 6.31. The number of amides is 1. The summed E-state index contributed by atoms with van der Waals surface area (Å²) in [6.45, 7) is 6.08. The third-order valence-corrected chi connectivity index (χ3v) is 5.89. The molecule has 136 valence electrons. The number of carbonyl (C=O) groups is 1. The van der Waals surface area contributed by atoms with E-state index in [0.717, 1.165) is 42.2 Å². The average Bonchev–Trinajstić information content (AvgIpc) is 3.25. The zero-order valence-electron chi connectivity index (χ0n) is 14.9. The van der Waals surface area contributed by atoms with E-state index in [1.165, 1.54) is 4.52 Å². The summed E-state index contributed by atoms with van der Waals surface area (Å²) < 4.78 is 5.35. The molecular weight excluding hydrogens is 352 g/mol. The number of likely N-dealkylation sites (tertiary alicyclic amines) is 1. The van der Waals surface area contributed by atoms with Crippen molar-refractivity contribution in [1.82, 2.24) is 29.1 Å². The van der Waals surface area contributed by atoms with Crippen LogP contribution in [0.4, 0.5) is 0 Å². The number of aryl methyl sites for hydroxylation is 2. The lowest BCUT2D eigenvalue weighted by Crippen LogP contribution is -2.38. The summed E-state index contributed by atoms with van der Waals surface area (Å²) in [7, 11) is 0. The lowest BCUT2D eigenvalue weighted by molar-refractivity contribution is 0.0610. The van der Waals surface area contributed by atoms with Gasteiger partial charge in [0.05, 0.1) is 17.4 Å². The van der Waals surface area contributed by atoms with Crippen LogP contribution in [0.25, 0.3) is 5.65 Å². The lowest BCUT2D eigenvalue weighted by atomic mass is 9.99. The van der Waals surface area contributed by atoms with Crippen LogP contribution in [0, 0.1) is 20.8 Å². The van der Waals surface area contributed by atoms with Crippen molar-refractivity contribution in [2.75, 3.05) is 6.54 Å². The average molecular weight is 372 g/mol. The van der Waals surface area contributed by atoms with Gasteiger partial charge in [-0.05, 0) is 51.6 Å². The predicted molar refractivity (Wildman–Crippen MR) is 97.6 cm³/mol. The number of aromatic amines is 1. The molecule has 1 saturated heterocycles. The summed E-state index contributed by atoms with van der Waals surface area (Å²) >= 11 is 1.13. The van der Waals surface area contributed by atoms with Crippen LogP contribution >= 0.6 is 11.5 Å². The van der Waals surface area contributed by atoms with Gasteiger partial charge < -0.3 is 4.90 Å². The Morgan fingerprint density at radius 2 is 2.08 bits per heavy atom. The number of nitrogens with one attached hydrogen (secondary N) is 1. The number of nitrogens with zero attached hydrogens (tertiary/aromatic N) is 5. The number of fused-ring (bicyclic) bond motifs is 1. The van der Waals surface area contributed by atoms with Crippen LogP contribution in [-0.2, 0) is 0 Å². The molecule has 1 amide bonds. The van der Waals surface area contributed by atoms with E-state index in [9.17, 15) is 9.59 Å². The maximum atomic E-state index is 13.0. The Labute approximate surface area is 154 Å². The van der Waals surface area contributed by atoms with Crippen molar-refractivity contribution < 1.29 is 4.79 Å². The highest BCUT2D eigenvalue weighted by atomic mass is 32.1. The van der Waals surface area contributed by atoms with Gasteiger partial charge in [-0.1, -0.05) is 4.49 Å². The number of hydrogen-bond donors (Lipinski definition) is 1. The van der Waals surface area contributed by atoms with Gasteiger partial charge in [-0.15, -0.1) is 5.10 Å². The van der Waals surface area contributed by atoms with E-state index in [-0.39, 0.29) is 17.5 Å². The largest absolute Gasteiger partial charge is 0.329 e. The van der Waals surface area contributed by atoms with Crippen LogP contribution < -0.4 is 5.56 Å². The highest BCUT2D eigenvalue weighted by Gasteiger charge is 2.32. The van der Waals surface area contributed by atoms with Crippen molar-refractivity contribution in [3.05, 3.63) is 43.9 Å². The molecule has 0 radical (unpaired) electrons. The van der Waals surface area contributed by atoms with E-state index >= 15 is 0 Å². The fourth-order valence-corrected chi connectivity index (χ4v) is 4.08. The number of H-pyrrole nitrogens is 1. The van der Waals surface area contributed by atoms with Crippen LogP contribution in [-0.4, -0.2) is 41.5 Å². The Morgan fingerprint density at radius 3 is 2.81 bits per heavy atom. The van der Waals surface area contributed by atoms with E-state index in [4.69, 9.17) is 0 Å². The standard InChI is InChI=1S/C17H20N6O2S/c1-9-10(2)18-14-8-12(20-23(14)16(9)24)13-6-4-5-7-22(13)17(25)15-11(3)19-21-26-15/h8,13,20H,4-7H2,1-3H3/t13-/m1/s1. The third kappa shape index (κ3) is 2.63. The lowest BCUT2D eigenvalue weighted by Gasteiger charge is -2.34. The van der Waals surface area contributed by atoms with Crippen molar-refractivity contribution in [2.45, 2.75) is 46.1 Å². The molecule has 1 atom stereocenters. The van der Waals surface area contributed by atoms with E-state index < -0.39 is 0 Å². The predicted octanol–water partition coefficient (Wildman–Crippen LogP) is 2.17. The van der Waals surface area contributed by atoms with Gasteiger partial charge in [-0.3, -0.25) is 14.7 Å². The summed E-state index contributed by atoms with van der Waals surface area (Å²) in [6, 6.07) is 1.77. The Morgan fingerprint density at radius 1 is 1.27 bits per heavy atom. The van der Waals surface area contributed by atoms with Crippen molar-refractivity contribution in [3.63, 3.8) is 0 Å². The molecule has 9 heteroatoms. The molecule has 0 aromatic carbocycles. The quantitative estimate of drug-likeness (QED) is 0.744. The van der Waals surface area contributed by atoms with Gasteiger partial charge in [0, 0.05) is 23.9 Å². The van der Waals surface area contributed by atoms with Crippen LogP contribution in [0.5, 0.6) is 0 Å². The van der Waals surface area contributed by atoms with Gasteiger partial charge in [-0.25, -0.2) is 9.50 Å². The van der Waals surface area contributed by atoms with Crippen molar-refractivity contribution >= 4 is 23.1 Å². The minimum atomic E-state index is -0.112. The third-order valence-electron chi connectivity index (χ3n) is 5.07. The number of carbonyl (C=O) groups excluding carboxylic acids is 1. The first-order chi connectivity index (χ1) is 12.5. The van der Waals surface area contributed by atoms with Gasteiger partial charge >= 0.3 is 0 Å². The second-order valence-electron chi connectivity index (χ2n) is 6.73. The Balaban J connectivity index is 1.76. The monoisotopic (exact) mass is 372 g/mol. The maximum Gasteiger partial charge on any atom is 0.275 e. The zero-order valence-corrected chi connectivity index (χ0v) is 15.8. The van der Waals surface area contributed by atoms with Crippen molar-refractivity contribution in [3.8, 4) is 0 Å². The summed E-state index contributed by atoms with van der Waals surface area (Å²) in [5.41, 5.74) is 3.33. The molecule has 0 unspecified atom stereocenters. The first-order valence-corrected chi connectivity index (χ1v) is 9.43. The molecule has 0 aliphatic carbocycles. The molecule has 1 aliphatic rings. The molecule has 0 bridgehead atoms. The molecule has 1 N–H and O–H groups in total. The van der Waals surface area contributed by atoms with Gasteiger partial charge in [0.25, 0.3) is 11.5 Å². The molecule has 4 heterocycles. The van der Waals surface area contributed by atoms with E-state index in [1.54, 1.807) is 13.8 Å². The van der Waals surface area contributed by atoms with Crippen LogP contribution in [0.1, 0.15) is 57.6 Å². The number of aromatic nitrogens is 5. The molecule has 3 aromatic rings. The Hall–Kier alpha value is -2.55. The number of rotatable bonds is 2. The van der Waals surface area contributed by atoms with Gasteiger partial charge in [0.1, 0.15) is 4.88 Å². The summed E-state index contributed by atoms with van der Waals surface area (Å²) in [5.74, 6) is -0.0477. The van der Waals surface area contributed by atoms with Crippen LogP contribution in [0.15, 0.2) is 10.9 Å². The number of piperidine rings is 1. The van der Waals surface area contributed by atoms with Crippen LogP contribution in [0.3, 0.4) is 0 Å². The van der Waals surface area contributed by atoms with E-state index in [1.807, 2.05) is 17.9 Å². The SMILES string of the molecule is Cc1nnsc1C(=O)N1CCCC[C@@H]1c1cc2nc(C)c(C)c(=O)n2[nH]1. The fraction of sp³-hybridized carbons (Fsp3) is 0.471. The highest BCUT2D eigenvalue weighted by Crippen LogP contribution is 2.32. The summed E-state index contributed by atoms with van der Waals surface area (Å²) in [6.07, 6.45) is 2.84.